The van der Waals surface area contributed by atoms with E-state index in [2.05, 4.69) is 0 Å². The smallest absolute Gasteiger partial charge is 0.428 e. The molecule has 18 heavy (non-hydrogen) atoms. The Kier molecular flexibility index (Phi) is 3.12. The molecule has 0 aliphatic heterocycles. The number of rotatable bonds is 2. The monoisotopic (exact) mass is 276 g/mol. The summed E-state index contributed by atoms with van der Waals surface area (Å²) in [5.74, 6) is -0.600. The molecular weight excluding hydrogens is 269 g/mol. The van der Waals surface area contributed by atoms with Crippen LogP contribution in [0.4, 0.5) is 13.2 Å². The Labute approximate surface area is 106 Å². The maximum Gasteiger partial charge on any atom is 0.428 e. The zero-order valence-electron chi connectivity index (χ0n) is 8.91. The van der Waals surface area contributed by atoms with Crippen LogP contribution in [0.1, 0.15) is 11.3 Å². The average Bonchev–Trinajstić information content (AvgIpc) is 2.80. The number of alkyl halides is 3. The van der Waals surface area contributed by atoms with Crippen LogP contribution in [0, 0.1) is 0 Å². The Balaban J connectivity index is 2.64. The minimum atomic E-state index is -4.92. The lowest BCUT2D eigenvalue weighted by Gasteiger charge is -2.29. The minimum Gasteiger partial charge on any atom is -0.466 e. The van der Waals surface area contributed by atoms with Gasteiger partial charge in [0.1, 0.15) is 5.76 Å². The SMILES string of the molecule is OC(c1cccc(Cl)c1)(c1ccco1)C(F)(F)F. The van der Waals surface area contributed by atoms with E-state index in [9.17, 15) is 18.3 Å². The highest BCUT2D eigenvalue weighted by atomic mass is 35.5. The van der Waals surface area contributed by atoms with E-state index >= 15 is 0 Å². The summed E-state index contributed by atoms with van der Waals surface area (Å²) >= 11 is 5.65. The number of hydrogen-bond acceptors (Lipinski definition) is 2. The second-order valence-corrected chi connectivity index (χ2v) is 4.13. The van der Waals surface area contributed by atoms with Crippen molar-refractivity contribution in [1.29, 1.82) is 0 Å². The molecule has 0 spiro atoms. The second-order valence-electron chi connectivity index (χ2n) is 3.70. The molecule has 1 aromatic heterocycles. The summed E-state index contributed by atoms with van der Waals surface area (Å²) in [6.07, 6.45) is -3.86. The van der Waals surface area contributed by atoms with Crippen LogP contribution in [0.3, 0.4) is 0 Å². The molecule has 0 bridgehead atoms. The standard InChI is InChI=1S/C12H8ClF3O2/c13-9-4-1-3-8(7-9)11(17,12(14,15)16)10-5-2-6-18-10/h1-7,17H. The van der Waals surface area contributed by atoms with E-state index < -0.39 is 23.1 Å². The van der Waals surface area contributed by atoms with E-state index in [1.165, 1.54) is 18.2 Å². The molecule has 0 aliphatic rings. The van der Waals surface area contributed by atoms with Crippen molar-refractivity contribution in [3.8, 4) is 0 Å². The van der Waals surface area contributed by atoms with Gasteiger partial charge in [0.25, 0.3) is 0 Å². The molecule has 0 amide bonds. The number of hydrogen-bond donors (Lipinski definition) is 1. The fraction of sp³-hybridized carbons (Fsp3) is 0.167. The third-order valence-corrected chi connectivity index (χ3v) is 2.77. The molecule has 0 radical (unpaired) electrons. The van der Waals surface area contributed by atoms with Crippen molar-refractivity contribution in [3.05, 3.63) is 59.0 Å². The molecule has 96 valence electrons. The lowest BCUT2D eigenvalue weighted by molar-refractivity contribution is -0.254. The maximum atomic E-state index is 13.1. The van der Waals surface area contributed by atoms with Gasteiger partial charge in [-0.25, -0.2) is 0 Å². The first kappa shape index (κ1) is 13.0. The number of aliphatic hydroxyl groups is 1. The highest BCUT2D eigenvalue weighted by Crippen LogP contribution is 2.44. The first-order valence-electron chi connectivity index (χ1n) is 4.95. The third kappa shape index (κ3) is 2.00. The van der Waals surface area contributed by atoms with Gasteiger partial charge in [-0.2, -0.15) is 13.2 Å². The molecule has 2 rings (SSSR count). The van der Waals surface area contributed by atoms with Crippen molar-refractivity contribution in [2.24, 2.45) is 0 Å². The Bertz CT molecular complexity index is 537. The van der Waals surface area contributed by atoms with Gasteiger partial charge in [-0.05, 0) is 24.3 Å². The Morgan fingerprint density at radius 3 is 2.33 bits per heavy atom. The second kappa shape index (κ2) is 4.33. The van der Waals surface area contributed by atoms with Crippen LogP contribution in [-0.4, -0.2) is 11.3 Å². The highest BCUT2D eigenvalue weighted by Gasteiger charge is 2.58. The van der Waals surface area contributed by atoms with Gasteiger partial charge >= 0.3 is 6.18 Å². The zero-order valence-corrected chi connectivity index (χ0v) is 9.66. The summed E-state index contributed by atoms with van der Waals surface area (Å²) in [7, 11) is 0. The molecule has 1 heterocycles. The topological polar surface area (TPSA) is 33.4 Å². The molecule has 1 N–H and O–H groups in total. The number of halogens is 4. The van der Waals surface area contributed by atoms with Crippen LogP contribution in [0.15, 0.2) is 47.1 Å². The summed E-state index contributed by atoms with van der Waals surface area (Å²) in [5, 5.41) is 10.1. The highest BCUT2D eigenvalue weighted by molar-refractivity contribution is 6.30. The van der Waals surface area contributed by atoms with Gasteiger partial charge in [0.05, 0.1) is 6.26 Å². The summed E-state index contributed by atoms with van der Waals surface area (Å²) in [6.45, 7) is 0. The lowest BCUT2D eigenvalue weighted by Crippen LogP contribution is -2.43. The van der Waals surface area contributed by atoms with E-state index in [0.717, 1.165) is 24.5 Å². The van der Waals surface area contributed by atoms with Crippen LogP contribution in [0.5, 0.6) is 0 Å². The Hall–Kier alpha value is -1.46. The predicted molar refractivity (Wildman–Crippen MR) is 59.2 cm³/mol. The molecule has 0 saturated heterocycles. The van der Waals surface area contributed by atoms with Gasteiger partial charge in [0.2, 0.25) is 5.60 Å². The van der Waals surface area contributed by atoms with E-state index in [4.69, 9.17) is 16.0 Å². The van der Waals surface area contributed by atoms with Crippen LogP contribution in [-0.2, 0) is 5.60 Å². The van der Waals surface area contributed by atoms with Gasteiger partial charge < -0.3 is 9.52 Å². The van der Waals surface area contributed by atoms with E-state index in [0.29, 0.717) is 0 Å². The van der Waals surface area contributed by atoms with Crippen molar-refractivity contribution in [2.45, 2.75) is 11.8 Å². The summed E-state index contributed by atoms with van der Waals surface area (Å²) < 4.78 is 44.1. The molecule has 1 atom stereocenters. The largest absolute Gasteiger partial charge is 0.466 e. The first-order chi connectivity index (χ1) is 8.35. The molecule has 0 saturated carbocycles. The van der Waals surface area contributed by atoms with Crippen LogP contribution < -0.4 is 0 Å². The van der Waals surface area contributed by atoms with E-state index in [1.54, 1.807) is 0 Å². The molecule has 0 fully saturated rings. The van der Waals surface area contributed by atoms with Crippen molar-refractivity contribution in [3.63, 3.8) is 0 Å². The van der Waals surface area contributed by atoms with Crippen LogP contribution >= 0.6 is 11.6 Å². The quantitative estimate of drug-likeness (QED) is 0.907. The predicted octanol–water partition coefficient (Wildman–Crippen LogP) is 3.73. The Morgan fingerprint density at radius 2 is 1.83 bits per heavy atom. The zero-order chi connectivity index (χ0) is 13.4. The van der Waals surface area contributed by atoms with Gasteiger partial charge in [0, 0.05) is 10.6 Å². The maximum absolute atomic E-state index is 13.1. The van der Waals surface area contributed by atoms with Crippen LogP contribution in [0.25, 0.3) is 0 Å². The fourth-order valence-electron chi connectivity index (χ4n) is 1.64. The number of benzene rings is 1. The van der Waals surface area contributed by atoms with E-state index in [-0.39, 0.29) is 5.02 Å². The Morgan fingerprint density at radius 1 is 1.11 bits per heavy atom. The van der Waals surface area contributed by atoms with Crippen LogP contribution in [0.2, 0.25) is 5.02 Å². The van der Waals surface area contributed by atoms with Gasteiger partial charge in [-0.3, -0.25) is 0 Å². The summed E-state index contributed by atoms with van der Waals surface area (Å²) in [5.41, 5.74) is -3.60. The molecular formula is C12H8ClF3O2. The normalized spacial score (nSPS) is 15.4. The molecule has 2 aromatic rings. The third-order valence-electron chi connectivity index (χ3n) is 2.53. The van der Waals surface area contributed by atoms with Crippen molar-refractivity contribution in [1.82, 2.24) is 0 Å². The van der Waals surface area contributed by atoms with Crippen molar-refractivity contribution >= 4 is 11.6 Å². The summed E-state index contributed by atoms with van der Waals surface area (Å²) in [4.78, 5) is 0. The van der Waals surface area contributed by atoms with Crippen molar-refractivity contribution in [2.75, 3.05) is 0 Å². The van der Waals surface area contributed by atoms with Gasteiger partial charge in [-0.15, -0.1) is 0 Å². The first-order valence-corrected chi connectivity index (χ1v) is 5.32. The molecule has 1 aromatic carbocycles. The van der Waals surface area contributed by atoms with E-state index in [1.807, 2.05) is 0 Å². The molecule has 0 aliphatic carbocycles. The summed E-state index contributed by atoms with van der Waals surface area (Å²) in [6, 6.07) is 7.28. The minimum absolute atomic E-state index is 0.0988. The number of furan rings is 1. The molecule has 1 unspecified atom stereocenters. The van der Waals surface area contributed by atoms with Crippen molar-refractivity contribution < 1.29 is 22.7 Å². The fourth-order valence-corrected chi connectivity index (χ4v) is 1.83. The van der Waals surface area contributed by atoms with Gasteiger partial charge in [-0.1, -0.05) is 23.7 Å². The van der Waals surface area contributed by atoms with Gasteiger partial charge in [0.15, 0.2) is 0 Å². The molecule has 2 nitrogen and oxygen atoms in total. The average molecular weight is 277 g/mol. The molecule has 6 heteroatoms. The lowest BCUT2D eigenvalue weighted by atomic mass is 9.90.